The summed E-state index contributed by atoms with van der Waals surface area (Å²) in [5, 5.41) is 0. The van der Waals surface area contributed by atoms with Gasteiger partial charge in [0.15, 0.2) is 0 Å². The number of hydrogen-bond donors (Lipinski definition) is 0. The third-order valence-electron chi connectivity index (χ3n) is 4.38. The first-order valence-electron chi connectivity index (χ1n) is 8.36. The lowest BCUT2D eigenvalue weighted by molar-refractivity contribution is 0.260. The summed E-state index contributed by atoms with van der Waals surface area (Å²) in [5.41, 5.74) is 4.37. The maximum atomic E-state index is 5.77. The lowest BCUT2D eigenvalue weighted by Gasteiger charge is -2.36. The van der Waals surface area contributed by atoms with Crippen LogP contribution in [0.3, 0.4) is 0 Å². The molecular weight excluding hydrogens is 413 g/mol. The predicted octanol–water partition coefficient (Wildman–Crippen LogP) is 4.48. The van der Waals surface area contributed by atoms with Crippen molar-refractivity contribution >= 4 is 54.2 Å². The van der Waals surface area contributed by atoms with Gasteiger partial charge in [0.2, 0.25) is 0 Å². The molecule has 2 aromatic rings. The molecule has 0 radical (unpaired) electrons. The number of hydrogen-bond acceptors (Lipinski definition) is 5. The van der Waals surface area contributed by atoms with E-state index in [1.807, 2.05) is 18.5 Å². The number of anilines is 1. The molecule has 0 saturated carbocycles. The fourth-order valence-electron chi connectivity index (χ4n) is 3.03. The van der Waals surface area contributed by atoms with Crippen LogP contribution < -0.4 is 9.64 Å². The van der Waals surface area contributed by atoms with E-state index in [0.717, 1.165) is 44.9 Å². The summed E-state index contributed by atoms with van der Waals surface area (Å²) in [6.07, 6.45) is 1.12. The third kappa shape index (κ3) is 6.46. The second-order valence-electron chi connectivity index (χ2n) is 5.84. The molecule has 0 unspecified atom stereocenters. The highest BCUT2D eigenvalue weighted by Crippen LogP contribution is 2.28. The van der Waals surface area contributed by atoms with E-state index in [0.29, 0.717) is 6.61 Å². The van der Waals surface area contributed by atoms with Crippen LogP contribution in [0.4, 0.5) is 5.69 Å². The second kappa shape index (κ2) is 12.6. The van der Waals surface area contributed by atoms with Crippen LogP contribution in [0.15, 0.2) is 29.8 Å². The van der Waals surface area contributed by atoms with Gasteiger partial charge in [-0.15, -0.1) is 48.6 Å². The first kappa shape index (κ1) is 25.3. The maximum absolute atomic E-state index is 5.77. The van der Waals surface area contributed by atoms with Gasteiger partial charge < -0.3 is 9.64 Å². The summed E-state index contributed by atoms with van der Waals surface area (Å²) in [6.45, 7) is 10.3. The molecule has 2 heterocycles. The van der Waals surface area contributed by atoms with Crippen LogP contribution in [0, 0.1) is 6.92 Å². The molecule has 3 rings (SSSR count). The number of aromatic nitrogens is 1. The fourth-order valence-corrected chi connectivity index (χ4v) is 3.80. The van der Waals surface area contributed by atoms with Gasteiger partial charge >= 0.3 is 0 Å². The molecule has 1 aromatic heterocycles. The number of piperazine rings is 1. The van der Waals surface area contributed by atoms with Crippen molar-refractivity contribution in [1.29, 1.82) is 0 Å². The molecule has 0 N–H and O–H groups in total. The molecule has 26 heavy (non-hydrogen) atoms. The van der Waals surface area contributed by atoms with Crippen LogP contribution in [0.5, 0.6) is 5.75 Å². The Labute approximate surface area is 179 Å². The van der Waals surface area contributed by atoms with Gasteiger partial charge in [0.1, 0.15) is 5.75 Å². The molecule has 0 bridgehead atoms. The Balaban J connectivity index is 0.00000208. The Morgan fingerprint density at radius 1 is 1.08 bits per heavy atom. The number of aryl methyl sites for hydroxylation is 1. The zero-order chi connectivity index (χ0) is 16.1. The van der Waals surface area contributed by atoms with Gasteiger partial charge in [0, 0.05) is 37.6 Å². The monoisotopic (exact) mass is 439 g/mol. The molecule has 0 spiro atoms. The van der Waals surface area contributed by atoms with Crippen molar-refractivity contribution in [3.05, 3.63) is 40.3 Å². The number of halogens is 3. The lowest BCUT2D eigenvalue weighted by atomic mass is 10.2. The van der Waals surface area contributed by atoms with Crippen molar-refractivity contribution in [1.82, 2.24) is 9.88 Å². The lowest BCUT2D eigenvalue weighted by Crippen LogP contribution is -2.47. The Hall–Kier alpha value is -0.720. The Kier molecular flexibility index (Phi) is 12.3. The number of benzene rings is 1. The van der Waals surface area contributed by atoms with Crippen LogP contribution in [-0.4, -0.2) is 49.2 Å². The molecule has 148 valence electrons. The van der Waals surface area contributed by atoms with Crippen LogP contribution in [0.25, 0.3) is 0 Å². The van der Waals surface area contributed by atoms with Crippen molar-refractivity contribution in [2.75, 3.05) is 44.2 Å². The Morgan fingerprint density at radius 3 is 2.38 bits per heavy atom. The summed E-state index contributed by atoms with van der Waals surface area (Å²) >= 11 is 1.78. The van der Waals surface area contributed by atoms with E-state index in [1.54, 1.807) is 11.3 Å². The average Bonchev–Trinajstić information content (AvgIpc) is 2.99. The molecule has 0 amide bonds. The first-order chi connectivity index (χ1) is 11.3. The van der Waals surface area contributed by atoms with Crippen LogP contribution in [-0.2, 0) is 6.42 Å². The first-order valence-corrected chi connectivity index (χ1v) is 9.24. The minimum atomic E-state index is 0. The van der Waals surface area contributed by atoms with E-state index in [2.05, 4.69) is 39.9 Å². The second-order valence-corrected chi connectivity index (χ2v) is 6.78. The van der Waals surface area contributed by atoms with Crippen molar-refractivity contribution in [2.45, 2.75) is 20.3 Å². The van der Waals surface area contributed by atoms with Gasteiger partial charge in [-0.25, -0.2) is 4.98 Å². The number of thiazole rings is 1. The van der Waals surface area contributed by atoms with E-state index < -0.39 is 0 Å². The van der Waals surface area contributed by atoms with Crippen LogP contribution >= 0.6 is 48.6 Å². The maximum Gasteiger partial charge on any atom is 0.142 e. The Bertz CT molecular complexity index is 634. The van der Waals surface area contributed by atoms with Gasteiger partial charge in [0.25, 0.3) is 0 Å². The molecule has 8 heteroatoms. The van der Waals surface area contributed by atoms with Gasteiger partial charge in [-0.2, -0.15) is 0 Å². The topological polar surface area (TPSA) is 28.6 Å². The summed E-state index contributed by atoms with van der Waals surface area (Å²) in [7, 11) is 0. The SMILES string of the molecule is CCOc1ccccc1N1CCN(CCc2scnc2C)CC1.Cl.Cl.Cl. The molecular formula is C18H28Cl3N3OS. The normalized spacial score (nSPS) is 14.0. The van der Waals surface area contributed by atoms with Crippen molar-refractivity contribution in [3.8, 4) is 5.75 Å². The van der Waals surface area contributed by atoms with Crippen LogP contribution in [0.2, 0.25) is 0 Å². The van der Waals surface area contributed by atoms with Gasteiger partial charge in [0.05, 0.1) is 23.5 Å². The standard InChI is InChI=1S/C18H25N3OS.3ClH/c1-3-22-17-7-5-4-6-16(17)21-12-10-20(11-13-21)9-8-18-15(2)19-14-23-18;;;/h4-7,14H,3,8-13H2,1-2H3;3*1H. The summed E-state index contributed by atoms with van der Waals surface area (Å²) in [4.78, 5) is 10.8. The van der Waals surface area contributed by atoms with E-state index in [9.17, 15) is 0 Å². The molecule has 1 fully saturated rings. The smallest absolute Gasteiger partial charge is 0.142 e. The summed E-state index contributed by atoms with van der Waals surface area (Å²) in [5.74, 6) is 1.00. The van der Waals surface area contributed by atoms with Crippen molar-refractivity contribution in [2.24, 2.45) is 0 Å². The Morgan fingerprint density at radius 2 is 1.77 bits per heavy atom. The summed E-state index contributed by atoms with van der Waals surface area (Å²) < 4.78 is 5.77. The predicted molar refractivity (Wildman–Crippen MR) is 119 cm³/mol. The van der Waals surface area contributed by atoms with E-state index in [-0.39, 0.29) is 37.2 Å². The number of nitrogens with zero attached hydrogens (tertiary/aromatic N) is 3. The van der Waals surface area contributed by atoms with Crippen LogP contribution in [0.1, 0.15) is 17.5 Å². The largest absolute Gasteiger partial charge is 0.492 e. The molecule has 1 aromatic carbocycles. The molecule has 0 aliphatic carbocycles. The highest BCUT2D eigenvalue weighted by molar-refractivity contribution is 7.09. The molecule has 0 atom stereocenters. The van der Waals surface area contributed by atoms with Crippen molar-refractivity contribution in [3.63, 3.8) is 0 Å². The highest BCUT2D eigenvalue weighted by Gasteiger charge is 2.19. The number of para-hydroxylation sites is 2. The molecule has 1 aliphatic rings. The van der Waals surface area contributed by atoms with Gasteiger partial charge in [-0.3, -0.25) is 4.90 Å². The third-order valence-corrected chi connectivity index (χ3v) is 5.37. The summed E-state index contributed by atoms with van der Waals surface area (Å²) in [6, 6.07) is 8.37. The quantitative estimate of drug-likeness (QED) is 0.662. The van der Waals surface area contributed by atoms with E-state index in [1.165, 1.54) is 16.3 Å². The zero-order valence-corrected chi connectivity index (χ0v) is 18.5. The highest BCUT2D eigenvalue weighted by atomic mass is 35.5. The average molecular weight is 441 g/mol. The minimum Gasteiger partial charge on any atom is -0.492 e. The molecule has 4 nitrogen and oxygen atoms in total. The number of rotatable bonds is 6. The fraction of sp³-hybridized carbons (Fsp3) is 0.500. The molecule has 1 saturated heterocycles. The number of ether oxygens (including phenoxy) is 1. The van der Waals surface area contributed by atoms with Crippen molar-refractivity contribution < 1.29 is 4.74 Å². The minimum absolute atomic E-state index is 0. The molecule has 1 aliphatic heterocycles. The van der Waals surface area contributed by atoms with E-state index in [4.69, 9.17) is 4.74 Å². The van der Waals surface area contributed by atoms with E-state index >= 15 is 0 Å². The van der Waals surface area contributed by atoms with Gasteiger partial charge in [-0.1, -0.05) is 12.1 Å². The van der Waals surface area contributed by atoms with Gasteiger partial charge in [-0.05, 0) is 32.4 Å². The zero-order valence-electron chi connectivity index (χ0n) is 15.2.